The molecule has 0 aliphatic carbocycles. The molecule has 1 aromatic carbocycles. The van der Waals surface area contributed by atoms with Crippen molar-refractivity contribution in [1.29, 1.82) is 0 Å². The van der Waals surface area contributed by atoms with Crippen molar-refractivity contribution in [1.82, 2.24) is 9.78 Å². The smallest absolute Gasteiger partial charge is 0.307 e. The fourth-order valence-electron chi connectivity index (χ4n) is 2.04. The lowest BCUT2D eigenvalue weighted by molar-refractivity contribution is -0.385. The molecule has 0 fully saturated rings. The molecule has 0 saturated heterocycles. The molecule has 0 saturated carbocycles. The van der Waals surface area contributed by atoms with Crippen LogP contribution >= 0.6 is 0 Å². The van der Waals surface area contributed by atoms with Crippen molar-refractivity contribution in [3.8, 4) is 0 Å². The third-order valence-electron chi connectivity index (χ3n) is 3.19. The molecular weight excluding hydrogens is 291 g/mol. The zero-order chi connectivity index (χ0) is 16.3. The Kier molecular flexibility index (Phi) is 4.50. The van der Waals surface area contributed by atoms with Crippen LogP contribution in [-0.2, 0) is 4.79 Å². The van der Waals surface area contributed by atoms with Crippen molar-refractivity contribution in [2.45, 2.75) is 26.3 Å². The van der Waals surface area contributed by atoms with Gasteiger partial charge in [0.1, 0.15) is 24.3 Å². The van der Waals surface area contributed by atoms with Crippen LogP contribution in [0, 0.1) is 22.9 Å². The highest BCUT2D eigenvalue weighted by atomic mass is 19.1. The molecular formula is C14H15FN4O3. The van der Waals surface area contributed by atoms with Crippen molar-refractivity contribution >= 4 is 17.3 Å². The summed E-state index contributed by atoms with van der Waals surface area (Å²) in [6.07, 6.45) is 2.61. The first-order chi connectivity index (χ1) is 10.4. The lowest BCUT2D eigenvalue weighted by Crippen LogP contribution is -2.26. The summed E-state index contributed by atoms with van der Waals surface area (Å²) in [5.41, 5.74) is 0.678. The average molecular weight is 306 g/mol. The largest absolute Gasteiger partial charge is 0.322 e. The molecule has 22 heavy (non-hydrogen) atoms. The second kappa shape index (κ2) is 6.33. The molecule has 2 rings (SSSR count). The Morgan fingerprint density at radius 1 is 1.55 bits per heavy atom. The fourth-order valence-corrected chi connectivity index (χ4v) is 2.04. The number of nitro groups is 1. The molecule has 1 amide bonds. The minimum atomic E-state index is -0.756. The van der Waals surface area contributed by atoms with Gasteiger partial charge in [-0.25, -0.2) is 4.39 Å². The van der Waals surface area contributed by atoms with Gasteiger partial charge in [-0.2, -0.15) is 5.10 Å². The first-order valence-corrected chi connectivity index (χ1v) is 6.68. The molecule has 0 radical (unpaired) electrons. The predicted molar refractivity (Wildman–Crippen MR) is 78.0 cm³/mol. The third kappa shape index (κ3) is 3.27. The van der Waals surface area contributed by atoms with Crippen LogP contribution in [0.3, 0.4) is 0 Å². The molecule has 7 nitrogen and oxygen atoms in total. The van der Waals surface area contributed by atoms with E-state index >= 15 is 0 Å². The standard InChI is InChI=1S/C14H15FN4O3/c1-3-13(18-8-10(7-16-18)19(21)22)14(20)17-12-6-9(2)4-5-11(12)15/h4-8,13H,3H2,1-2H3,(H,17,20). The summed E-state index contributed by atoms with van der Waals surface area (Å²) < 4.78 is 14.9. The normalized spacial score (nSPS) is 12.0. The van der Waals surface area contributed by atoms with Crippen LogP contribution in [0.25, 0.3) is 0 Å². The summed E-state index contributed by atoms with van der Waals surface area (Å²) in [6, 6.07) is 3.63. The number of anilines is 1. The number of benzene rings is 1. The van der Waals surface area contributed by atoms with Crippen molar-refractivity contribution in [3.63, 3.8) is 0 Å². The molecule has 0 aliphatic rings. The van der Waals surface area contributed by atoms with E-state index in [1.165, 1.54) is 23.0 Å². The van der Waals surface area contributed by atoms with Gasteiger partial charge in [0.2, 0.25) is 5.91 Å². The molecule has 0 spiro atoms. The maximum Gasteiger partial charge on any atom is 0.307 e. The van der Waals surface area contributed by atoms with E-state index in [1.54, 1.807) is 19.9 Å². The van der Waals surface area contributed by atoms with Gasteiger partial charge in [0.15, 0.2) is 0 Å². The van der Waals surface area contributed by atoms with Gasteiger partial charge in [-0.1, -0.05) is 13.0 Å². The van der Waals surface area contributed by atoms with Crippen molar-refractivity contribution in [2.75, 3.05) is 5.32 Å². The molecule has 1 unspecified atom stereocenters. The van der Waals surface area contributed by atoms with Gasteiger partial charge in [0, 0.05) is 0 Å². The van der Waals surface area contributed by atoms with E-state index in [9.17, 15) is 19.3 Å². The van der Waals surface area contributed by atoms with Crippen LogP contribution in [0.15, 0.2) is 30.6 Å². The monoisotopic (exact) mass is 306 g/mol. The highest BCUT2D eigenvalue weighted by Crippen LogP contribution is 2.20. The Morgan fingerprint density at radius 2 is 2.27 bits per heavy atom. The van der Waals surface area contributed by atoms with E-state index < -0.39 is 22.7 Å². The zero-order valence-electron chi connectivity index (χ0n) is 12.1. The summed E-state index contributed by atoms with van der Waals surface area (Å²) in [5, 5.41) is 17.0. The first kappa shape index (κ1) is 15.6. The molecule has 1 N–H and O–H groups in total. The molecule has 2 aromatic rings. The molecule has 1 heterocycles. The number of carbonyl (C=O) groups is 1. The molecule has 1 atom stereocenters. The number of hydrogen-bond donors (Lipinski definition) is 1. The summed E-state index contributed by atoms with van der Waals surface area (Å²) in [7, 11) is 0. The number of aryl methyl sites for hydroxylation is 1. The van der Waals surface area contributed by atoms with Gasteiger partial charge in [0.05, 0.1) is 10.6 Å². The second-order valence-electron chi connectivity index (χ2n) is 4.83. The van der Waals surface area contributed by atoms with Crippen LogP contribution in [0.5, 0.6) is 0 Å². The maximum atomic E-state index is 13.7. The SMILES string of the molecule is CCC(C(=O)Nc1cc(C)ccc1F)n1cc([N+](=O)[O-])cn1. The van der Waals surface area contributed by atoms with E-state index in [0.717, 1.165) is 11.8 Å². The molecule has 1 aromatic heterocycles. The summed E-state index contributed by atoms with van der Waals surface area (Å²) >= 11 is 0. The zero-order valence-corrected chi connectivity index (χ0v) is 12.1. The Bertz CT molecular complexity index is 714. The van der Waals surface area contributed by atoms with Gasteiger partial charge < -0.3 is 5.32 Å². The van der Waals surface area contributed by atoms with E-state index in [1.807, 2.05) is 0 Å². The average Bonchev–Trinajstić information content (AvgIpc) is 2.93. The highest BCUT2D eigenvalue weighted by Gasteiger charge is 2.22. The van der Waals surface area contributed by atoms with Gasteiger partial charge in [-0.15, -0.1) is 0 Å². The van der Waals surface area contributed by atoms with E-state index in [4.69, 9.17) is 0 Å². The number of nitrogens with zero attached hydrogens (tertiary/aromatic N) is 3. The van der Waals surface area contributed by atoms with Gasteiger partial charge in [-0.05, 0) is 31.0 Å². The Balaban J connectivity index is 2.21. The van der Waals surface area contributed by atoms with Crippen LogP contribution in [0.4, 0.5) is 15.8 Å². The molecule has 0 aliphatic heterocycles. The van der Waals surface area contributed by atoms with Gasteiger partial charge >= 0.3 is 5.69 Å². The van der Waals surface area contributed by atoms with Crippen LogP contribution in [-0.4, -0.2) is 20.6 Å². The highest BCUT2D eigenvalue weighted by molar-refractivity contribution is 5.93. The summed E-state index contributed by atoms with van der Waals surface area (Å²) in [6.45, 7) is 3.52. The Morgan fingerprint density at radius 3 is 2.86 bits per heavy atom. The quantitative estimate of drug-likeness (QED) is 0.679. The minimum Gasteiger partial charge on any atom is -0.322 e. The van der Waals surface area contributed by atoms with Crippen LogP contribution in [0.1, 0.15) is 24.9 Å². The Hall–Kier alpha value is -2.77. The summed E-state index contributed by atoms with van der Waals surface area (Å²) in [5.74, 6) is -1.02. The van der Waals surface area contributed by atoms with Crippen molar-refractivity contribution < 1.29 is 14.1 Å². The van der Waals surface area contributed by atoms with Crippen LogP contribution < -0.4 is 5.32 Å². The molecule has 0 bridgehead atoms. The fraction of sp³-hybridized carbons (Fsp3) is 0.286. The number of rotatable bonds is 5. The lowest BCUT2D eigenvalue weighted by Gasteiger charge is -2.15. The predicted octanol–water partition coefficient (Wildman–Crippen LogP) is 2.83. The first-order valence-electron chi connectivity index (χ1n) is 6.68. The lowest BCUT2D eigenvalue weighted by atomic mass is 10.2. The third-order valence-corrected chi connectivity index (χ3v) is 3.19. The number of hydrogen-bond acceptors (Lipinski definition) is 4. The van der Waals surface area contributed by atoms with E-state index in [2.05, 4.69) is 10.4 Å². The number of nitrogens with one attached hydrogen (secondary N) is 1. The van der Waals surface area contributed by atoms with Crippen LogP contribution in [0.2, 0.25) is 0 Å². The van der Waals surface area contributed by atoms with Crippen molar-refractivity contribution in [2.24, 2.45) is 0 Å². The molecule has 116 valence electrons. The number of aromatic nitrogens is 2. The van der Waals surface area contributed by atoms with Crippen molar-refractivity contribution in [3.05, 3.63) is 52.1 Å². The van der Waals surface area contributed by atoms with Gasteiger partial charge in [-0.3, -0.25) is 19.6 Å². The topological polar surface area (TPSA) is 90.1 Å². The number of carbonyl (C=O) groups excluding carboxylic acids is 1. The second-order valence-corrected chi connectivity index (χ2v) is 4.83. The van der Waals surface area contributed by atoms with E-state index in [-0.39, 0.29) is 11.4 Å². The molecule has 8 heteroatoms. The number of amides is 1. The maximum absolute atomic E-state index is 13.7. The summed E-state index contributed by atoms with van der Waals surface area (Å²) in [4.78, 5) is 22.4. The minimum absolute atomic E-state index is 0.0742. The Labute approximate surface area is 125 Å². The number of halogens is 1. The van der Waals surface area contributed by atoms with E-state index in [0.29, 0.717) is 6.42 Å². The van der Waals surface area contributed by atoms with Gasteiger partial charge in [0.25, 0.3) is 0 Å².